The predicted octanol–water partition coefficient (Wildman–Crippen LogP) is 1.26. The number of amides is 1. The van der Waals surface area contributed by atoms with E-state index in [4.69, 9.17) is 14.2 Å². The molecule has 0 aliphatic carbocycles. The molecule has 2 saturated heterocycles. The highest BCUT2D eigenvalue weighted by molar-refractivity contribution is 5.81. The molecule has 23 heavy (non-hydrogen) atoms. The van der Waals surface area contributed by atoms with E-state index in [1.54, 1.807) is 4.90 Å². The Bertz CT molecular complexity index is 432. The molecule has 2 rings (SSSR count). The second-order valence-corrected chi connectivity index (χ2v) is 7.09. The molecule has 2 aliphatic rings. The molecule has 7 nitrogen and oxygen atoms in total. The largest absolute Gasteiger partial charge is 0.468 e. The first kappa shape index (κ1) is 18.0. The van der Waals surface area contributed by atoms with E-state index in [2.05, 4.69) is 4.90 Å². The van der Waals surface area contributed by atoms with E-state index in [1.807, 2.05) is 20.8 Å². The maximum absolute atomic E-state index is 12.5. The number of morpholine rings is 1. The number of nitrogens with zero attached hydrogens (tertiary/aromatic N) is 2. The summed E-state index contributed by atoms with van der Waals surface area (Å²) in [6, 6.07) is 0. The third-order valence-corrected chi connectivity index (χ3v) is 4.42. The number of methoxy groups -OCH3 is 1. The van der Waals surface area contributed by atoms with Crippen molar-refractivity contribution in [3.8, 4) is 0 Å². The van der Waals surface area contributed by atoms with Crippen molar-refractivity contribution in [3.05, 3.63) is 0 Å². The molecule has 2 heterocycles. The average molecular weight is 328 g/mol. The van der Waals surface area contributed by atoms with Gasteiger partial charge in [-0.15, -0.1) is 0 Å². The fourth-order valence-corrected chi connectivity index (χ4v) is 3.22. The van der Waals surface area contributed by atoms with E-state index in [9.17, 15) is 9.59 Å². The Hall–Kier alpha value is -1.34. The Morgan fingerprint density at radius 1 is 1.04 bits per heavy atom. The molecular weight excluding hydrogens is 300 g/mol. The maximum atomic E-state index is 12.5. The second kappa shape index (κ2) is 7.05. The zero-order chi connectivity index (χ0) is 17.1. The van der Waals surface area contributed by atoms with Crippen molar-refractivity contribution < 1.29 is 23.8 Å². The third kappa shape index (κ3) is 4.14. The molecule has 0 aromatic heterocycles. The van der Waals surface area contributed by atoms with Crippen molar-refractivity contribution >= 4 is 12.1 Å². The van der Waals surface area contributed by atoms with E-state index in [1.165, 1.54) is 7.11 Å². The van der Waals surface area contributed by atoms with E-state index in [0.717, 1.165) is 0 Å². The Labute approximate surface area is 137 Å². The Morgan fingerprint density at radius 2 is 1.61 bits per heavy atom. The third-order valence-electron chi connectivity index (χ3n) is 4.42. The van der Waals surface area contributed by atoms with Crippen LogP contribution in [0.1, 0.15) is 33.6 Å². The van der Waals surface area contributed by atoms with Gasteiger partial charge < -0.3 is 19.1 Å². The molecule has 0 aromatic rings. The highest BCUT2D eigenvalue weighted by Crippen LogP contribution is 2.31. The normalized spacial score (nSPS) is 22.5. The van der Waals surface area contributed by atoms with Gasteiger partial charge in [0.05, 0.1) is 20.3 Å². The van der Waals surface area contributed by atoms with Crippen molar-refractivity contribution in [2.24, 2.45) is 0 Å². The van der Waals surface area contributed by atoms with Gasteiger partial charge in [0.25, 0.3) is 0 Å². The van der Waals surface area contributed by atoms with Crippen LogP contribution in [0.15, 0.2) is 0 Å². The molecule has 0 unspecified atom stereocenters. The van der Waals surface area contributed by atoms with Crippen molar-refractivity contribution in [3.63, 3.8) is 0 Å². The lowest BCUT2D eigenvalue weighted by atomic mass is 9.85. The minimum absolute atomic E-state index is 0.219. The summed E-state index contributed by atoms with van der Waals surface area (Å²) in [6.07, 6.45) is 0.788. The van der Waals surface area contributed by atoms with Gasteiger partial charge in [-0.3, -0.25) is 9.69 Å². The zero-order valence-electron chi connectivity index (χ0n) is 14.6. The first-order valence-corrected chi connectivity index (χ1v) is 8.18. The summed E-state index contributed by atoms with van der Waals surface area (Å²) in [4.78, 5) is 28.5. The van der Waals surface area contributed by atoms with Gasteiger partial charge in [0.1, 0.15) is 11.1 Å². The van der Waals surface area contributed by atoms with Crippen molar-refractivity contribution in [1.82, 2.24) is 9.80 Å². The highest BCUT2D eigenvalue weighted by atomic mass is 16.6. The number of esters is 1. The summed E-state index contributed by atoms with van der Waals surface area (Å²) in [6.45, 7) is 9.18. The smallest absolute Gasteiger partial charge is 0.410 e. The van der Waals surface area contributed by atoms with E-state index < -0.39 is 11.1 Å². The first-order valence-electron chi connectivity index (χ1n) is 8.18. The van der Waals surface area contributed by atoms with E-state index in [-0.39, 0.29) is 12.1 Å². The summed E-state index contributed by atoms with van der Waals surface area (Å²) < 4.78 is 15.9. The summed E-state index contributed by atoms with van der Waals surface area (Å²) in [5, 5.41) is 0. The molecule has 0 bridgehead atoms. The van der Waals surface area contributed by atoms with Crippen molar-refractivity contribution in [2.45, 2.75) is 44.8 Å². The van der Waals surface area contributed by atoms with Crippen LogP contribution in [0, 0.1) is 0 Å². The van der Waals surface area contributed by atoms with Crippen molar-refractivity contribution in [1.29, 1.82) is 0 Å². The number of hydrogen-bond acceptors (Lipinski definition) is 6. The van der Waals surface area contributed by atoms with Gasteiger partial charge in [0.2, 0.25) is 0 Å². The number of carbonyl (C=O) groups is 2. The van der Waals surface area contributed by atoms with Gasteiger partial charge in [-0.05, 0) is 33.6 Å². The lowest BCUT2D eigenvalue weighted by Crippen LogP contribution is -2.63. The monoisotopic (exact) mass is 328 g/mol. The van der Waals surface area contributed by atoms with E-state index in [0.29, 0.717) is 52.2 Å². The Balaban J connectivity index is 2.04. The van der Waals surface area contributed by atoms with Crippen molar-refractivity contribution in [2.75, 3.05) is 46.5 Å². The Morgan fingerprint density at radius 3 is 2.09 bits per heavy atom. The summed E-state index contributed by atoms with van der Waals surface area (Å²) in [5.74, 6) is -0.219. The topological polar surface area (TPSA) is 68.3 Å². The van der Waals surface area contributed by atoms with Crippen LogP contribution in [0.5, 0.6) is 0 Å². The first-order chi connectivity index (χ1) is 10.8. The molecule has 0 spiro atoms. The minimum atomic E-state index is -0.656. The van der Waals surface area contributed by atoms with Gasteiger partial charge in [-0.25, -0.2) is 4.79 Å². The summed E-state index contributed by atoms with van der Waals surface area (Å²) >= 11 is 0. The number of hydrogen-bond donors (Lipinski definition) is 0. The van der Waals surface area contributed by atoms with Gasteiger partial charge in [0.15, 0.2) is 0 Å². The van der Waals surface area contributed by atoms with Crippen LogP contribution in [0.2, 0.25) is 0 Å². The number of likely N-dealkylation sites (tertiary alicyclic amines) is 1. The lowest BCUT2D eigenvalue weighted by Gasteiger charge is -2.47. The molecule has 0 radical (unpaired) electrons. The maximum Gasteiger partial charge on any atom is 0.410 e. The van der Waals surface area contributed by atoms with Crippen LogP contribution in [0.3, 0.4) is 0 Å². The molecular formula is C16H28N2O5. The van der Waals surface area contributed by atoms with Crippen LogP contribution >= 0.6 is 0 Å². The fraction of sp³-hybridized carbons (Fsp3) is 0.875. The van der Waals surface area contributed by atoms with E-state index >= 15 is 0 Å². The number of ether oxygens (including phenoxy) is 3. The number of piperidine rings is 1. The molecule has 0 saturated carbocycles. The summed E-state index contributed by atoms with van der Waals surface area (Å²) in [5.41, 5.74) is -1.17. The fourth-order valence-electron chi connectivity index (χ4n) is 3.22. The quantitative estimate of drug-likeness (QED) is 0.711. The predicted molar refractivity (Wildman–Crippen MR) is 84.2 cm³/mol. The number of rotatable bonds is 2. The molecule has 0 N–H and O–H groups in total. The lowest BCUT2D eigenvalue weighted by molar-refractivity contribution is -0.163. The van der Waals surface area contributed by atoms with Crippen LogP contribution in [-0.4, -0.2) is 79.5 Å². The molecule has 0 atom stereocenters. The molecule has 1 amide bonds. The molecule has 2 fully saturated rings. The number of carbonyl (C=O) groups excluding carboxylic acids is 2. The molecule has 0 aromatic carbocycles. The SMILES string of the molecule is COC(=O)C1(N2CCOCC2)CCN(C(=O)OC(C)(C)C)CC1. The van der Waals surface area contributed by atoms with Gasteiger partial charge in [0, 0.05) is 26.2 Å². The highest BCUT2D eigenvalue weighted by Gasteiger charge is 2.48. The van der Waals surface area contributed by atoms with Crippen LogP contribution in [0.4, 0.5) is 4.79 Å². The Kier molecular flexibility index (Phi) is 5.52. The van der Waals surface area contributed by atoms with Crippen LogP contribution < -0.4 is 0 Å². The van der Waals surface area contributed by atoms with Gasteiger partial charge >= 0.3 is 12.1 Å². The van der Waals surface area contributed by atoms with Gasteiger partial charge in [-0.2, -0.15) is 0 Å². The molecule has 7 heteroatoms. The summed E-state index contributed by atoms with van der Waals surface area (Å²) in [7, 11) is 1.42. The average Bonchev–Trinajstić information content (AvgIpc) is 2.53. The van der Waals surface area contributed by atoms with Crippen LogP contribution in [0.25, 0.3) is 0 Å². The second-order valence-electron chi connectivity index (χ2n) is 7.09. The van der Waals surface area contributed by atoms with Gasteiger partial charge in [-0.1, -0.05) is 0 Å². The van der Waals surface area contributed by atoms with Crippen LogP contribution in [-0.2, 0) is 19.0 Å². The minimum Gasteiger partial charge on any atom is -0.468 e. The molecule has 132 valence electrons. The standard InChI is InChI=1S/C16H28N2O5/c1-15(2,3)23-14(20)17-7-5-16(6-8-17,13(19)21-4)18-9-11-22-12-10-18/h5-12H2,1-4H3. The zero-order valence-corrected chi connectivity index (χ0v) is 14.6. The molecule has 2 aliphatic heterocycles.